The van der Waals surface area contributed by atoms with Gasteiger partial charge in [0.05, 0.1) is 0 Å². The average molecular weight is 269 g/mol. The number of aryl methyl sites for hydroxylation is 4. The Morgan fingerprint density at radius 1 is 0.850 bits per heavy atom. The number of nitrogens with two attached hydrogens (primary N) is 1. The first-order chi connectivity index (χ1) is 9.38. The lowest BCUT2D eigenvalue weighted by Gasteiger charge is -2.31. The van der Waals surface area contributed by atoms with Crippen LogP contribution in [-0.4, -0.2) is 11.7 Å². The van der Waals surface area contributed by atoms with E-state index in [9.17, 15) is 5.11 Å². The second kappa shape index (κ2) is 5.39. The predicted molar refractivity (Wildman–Crippen MR) is 83.9 cm³/mol. The summed E-state index contributed by atoms with van der Waals surface area (Å²) in [7, 11) is 0. The maximum Gasteiger partial charge on any atom is 0.127 e. The zero-order valence-corrected chi connectivity index (χ0v) is 12.7. The first kappa shape index (κ1) is 14.8. The van der Waals surface area contributed by atoms with E-state index in [2.05, 4.69) is 26.0 Å². The van der Waals surface area contributed by atoms with Crippen molar-refractivity contribution in [1.82, 2.24) is 0 Å². The maximum atomic E-state index is 11.2. The molecule has 0 aliphatic rings. The maximum absolute atomic E-state index is 11.2. The van der Waals surface area contributed by atoms with Crippen LogP contribution in [0.2, 0.25) is 0 Å². The molecule has 2 nitrogen and oxygen atoms in total. The number of rotatable bonds is 3. The molecule has 0 aliphatic carbocycles. The molecule has 2 heteroatoms. The molecule has 0 saturated heterocycles. The Hall–Kier alpha value is -1.64. The molecule has 20 heavy (non-hydrogen) atoms. The molecule has 0 fully saturated rings. The number of benzene rings is 2. The lowest BCUT2D eigenvalue weighted by molar-refractivity contribution is 0.0888. The largest absolute Gasteiger partial charge is 0.379 e. The van der Waals surface area contributed by atoms with Crippen molar-refractivity contribution in [1.29, 1.82) is 0 Å². The lowest BCUT2D eigenvalue weighted by atomic mass is 9.81. The molecule has 106 valence electrons. The van der Waals surface area contributed by atoms with E-state index in [4.69, 9.17) is 5.73 Å². The van der Waals surface area contributed by atoms with Crippen molar-refractivity contribution in [2.75, 3.05) is 6.54 Å². The zero-order chi connectivity index (χ0) is 14.9. The molecule has 2 aromatic rings. The van der Waals surface area contributed by atoms with Crippen LogP contribution in [0.3, 0.4) is 0 Å². The van der Waals surface area contributed by atoms with Crippen LogP contribution < -0.4 is 5.73 Å². The molecule has 0 heterocycles. The summed E-state index contributed by atoms with van der Waals surface area (Å²) < 4.78 is 0. The van der Waals surface area contributed by atoms with Gasteiger partial charge in [0.15, 0.2) is 0 Å². The highest BCUT2D eigenvalue weighted by molar-refractivity contribution is 5.46. The molecule has 2 aromatic carbocycles. The highest BCUT2D eigenvalue weighted by Crippen LogP contribution is 2.33. The van der Waals surface area contributed by atoms with Crippen molar-refractivity contribution in [2.24, 2.45) is 5.73 Å². The third-order valence-corrected chi connectivity index (χ3v) is 3.95. The first-order valence-corrected chi connectivity index (χ1v) is 6.96. The number of hydrogen-bond donors (Lipinski definition) is 2. The molecule has 0 spiro atoms. The Bertz CT molecular complexity index is 580. The van der Waals surface area contributed by atoms with Gasteiger partial charge in [-0.05, 0) is 49.9 Å². The van der Waals surface area contributed by atoms with Crippen LogP contribution in [0.1, 0.15) is 33.4 Å². The van der Waals surface area contributed by atoms with E-state index in [1.165, 1.54) is 11.1 Å². The van der Waals surface area contributed by atoms with E-state index in [1.54, 1.807) is 0 Å². The zero-order valence-electron chi connectivity index (χ0n) is 12.7. The van der Waals surface area contributed by atoms with E-state index in [-0.39, 0.29) is 6.54 Å². The molecule has 3 N–H and O–H groups in total. The molecule has 0 atom stereocenters. The topological polar surface area (TPSA) is 46.2 Å². The summed E-state index contributed by atoms with van der Waals surface area (Å²) in [6.07, 6.45) is 0. The van der Waals surface area contributed by atoms with Crippen LogP contribution in [0, 0.1) is 27.7 Å². The van der Waals surface area contributed by atoms with Crippen LogP contribution in [0.15, 0.2) is 36.4 Å². The van der Waals surface area contributed by atoms with Gasteiger partial charge in [0, 0.05) is 6.54 Å². The second-order valence-electron chi connectivity index (χ2n) is 5.70. The molecular formula is C18H23NO. The smallest absolute Gasteiger partial charge is 0.127 e. The van der Waals surface area contributed by atoms with E-state index in [0.717, 1.165) is 22.3 Å². The average Bonchev–Trinajstić information content (AvgIpc) is 2.37. The van der Waals surface area contributed by atoms with E-state index in [0.29, 0.717) is 0 Å². The minimum atomic E-state index is -1.13. The molecule has 0 radical (unpaired) electrons. The number of aliphatic hydroxyl groups is 1. The third kappa shape index (κ3) is 2.49. The first-order valence-electron chi connectivity index (χ1n) is 6.96. The van der Waals surface area contributed by atoms with E-state index in [1.807, 2.05) is 38.1 Å². The van der Waals surface area contributed by atoms with Gasteiger partial charge in [0.25, 0.3) is 0 Å². The molecule has 0 unspecified atom stereocenters. The van der Waals surface area contributed by atoms with E-state index < -0.39 is 5.60 Å². The monoisotopic (exact) mass is 269 g/mol. The highest BCUT2D eigenvalue weighted by atomic mass is 16.3. The Labute approximate surface area is 121 Å². The van der Waals surface area contributed by atoms with Gasteiger partial charge in [-0.1, -0.05) is 47.5 Å². The normalized spacial score (nSPS) is 11.7. The minimum absolute atomic E-state index is 0.167. The van der Waals surface area contributed by atoms with Crippen LogP contribution >= 0.6 is 0 Å². The van der Waals surface area contributed by atoms with Crippen molar-refractivity contribution in [3.63, 3.8) is 0 Å². The quantitative estimate of drug-likeness (QED) is 0.899. The predicted octanol–water partition coefficient (Wildman–Crippen LogP) is 3.11. The Morgan fingerprint density at radius 2 is 1.25 bits per heavy atom. The number of hydrogen-bond acceptors (Lipinski definition) is 2. The molecular weight excluding hydrogens is 246 g/mol. The fraction of sp³-hybridized carbons (Fsp3) is 0.333. The van der Waals surface area contributed by atoms with Crippen LogP contribution in [-0.2, 0) is 5.60 Å². The fourth-order valence-electron chi connectivity index (χ4n) is 2.92. The molecule has 0 saturated carbocycles. The summed E-state index contributed by atoms with van der Waals surface area (Å²) in [5, 5.41) is 11.2. The van der Waals surface area contributed by atoms with E-state index >= 15 is 0 Å². The fourth-order valence-corrected chi connectivity index (χ4v) is 2.92. The molecule has 0 amide bonds. The standard InChI is InChI=1S/C18H23NO/c1-12-5-7-16(14(3)9-12)18(20,11-19)17-8-6-13(2)10-15(17)4/h5-10,20H,11,19H2,1-4H3. The highest BCUT2D eigenvalue weighted by Gasteiger charge is 2.32. The van der Waals surface area contributed by atoms with Gasteiger partial charge in [-0.3, -0.25) is 0 Å². The molecule has 0 aromatic heterocycles. The van der Waals surface area contributed by atoms with Gasteiger partial charge < -0.3 is 10.8 Å². The van der Waals surface area contributed by atoms with Gasteiger partial charge in [0.1, 0.15) is 5.60 Å². The summed E-state index contributed by atoms with van der Waals surface area (Å²) in [6.45, 7) is 8.31. The van der Waals surface area contributed by atoms with Gasteiger partial charge in [-0.15, -0.1) is 0 Å². The second-order valence-corrected chi connectivity index (χ2v) is 5.70. The Balaban J connectivity index is 2.63. The summed E-state index contributed by atoms with van der Waals surface area (Å²) in [5.41, 5.74) is 11.1. The molecule has 0 aliphatic heterocycles. The van der Waals surface area contributed by atoms with Gasteiger partial charge in [-0.25, -0.2) is 0 Å². The van der Waals surface area contributed by atoms with Crippen molar-refractivity contribution < 1.29 is 5.11 Å². The molecule has 0 bridgehead atoms. The minimum Gasteiger partial charge on any atom is -0.379 e. The van der Waals surface area contributed by atoms with Crippen molar-refractivity contribution >= 4 is 0 Å². The van der Waals surface area contributed by atoms with Crippen molar-refractivity contribution in [3.8, 4) is 0 Å². The Morgan fingerprint density at radius 3 is 1.55 bits per heavy atom. The van der Waals surface area contributed by atoms with Crippen LogP contribution in [0.4, 0.5) is 0 Å². The van der Waals surface area contributed by atoms with Crippen molar-refractivity contribution in [3.05, 3.63) is 69.8 Å². The molecule has 2 rings (SSSR count). The van der Waals surface area contributed by atoms with Crippen molar-refractivity contribution in [2.45, 2.75) is 33.3 Å². The summed E-state index contributed by atoms with van der Waals surface area (Å²) >= 11 is 0. The van der Waals surface area contributed by atoms with Gasteiger partial charge >= 0.3 is 0 Å². The lowest BCUT2D eigenvalue weighted by Crippen LogP contribution is -2.37. The van der Waals surface area contributed by atoms with Crippen LogP contribution in [0.25, 0.3) is 0 Å². The van der Waals surface area contributed by atoms with Gasteiger partial charge in [-0.2, -0.15) is 0 Å². The summed E-state index contributed by atoms with van der Waals surface area (Å²) in [5.74, 6) is 0. The summed E-state index contributed by atoms with van der Waals surface area (Å²) in [6, 6.07) is 12.2. The summed E-state index contributed by atoms with van der Waals surface area (Å²) in [4.78, 5) is 0. The third-order valence-electron chi connectivity index (χ3n) is 3.95. The SMILES string of the molecule is Cc1ccc(C(O)(CN)c2ccc(C)cc2C)c(C)c1. The van der Waals surface area contributed by atoms with Gasteiger partial charge in [0.2, 0.25) is 0 Å². The Kier molecular flexibility index (Phi) is 3.98. The van der Waals surface area contributed by atoms with Crippen LogP contribution in [0.5, 0.6) is 0 Å².